The molecule has 0 saturated carbocycles. The number of likely N-dealkylation sites (N-methyl/N-ethyl adjacent to an activating group) is 1. The predicted molar refractivity (Wildman–Crippen MR) is 93.3 cm³/mol. The van der Waals surface area contributed by atoms with Crippen molar-refractivity contribution in [1.29, 1.82) is 0 Å². The summed E-state index contributed by atoms with van der Waals surface area (Å²) in [7, 11) is 2.07. The van der Waals surface area contributed by atoms with E-state index < -0.39 is 0 Å². The average molecular weight is 332 g/mol. The number of ether oxygens (including phenoxy) is 1. The van der Waals surface area contributed by atoms with Crippen LogP contribution in [0.4, 0.5) is 0 Å². The summed E-state index contributed by atoms with van der Waals surface area (Å²) in [5.74, 6) is 0.719. The highest BCUT2D eigenvalue weighted by molar-refractivity contribution is 5.97. The monoisotopic (exact) mass is 332 g/mol. The van der Waals surface area contributed by atoms with E-state index in [4.69, 9.17) is 4.74 Å². The molecule has 5 nitrogen and oxygen atoms in total. The lowest BCUT2D eigenvalue weighted by atomic mass is 9.71. The quantitative estimate of drug-likeness (QED) is 0.920. The Bertz CT molecular complexity index is 570. The number of hydrogen-bond donors (Lipinski definition) is 1. The van der Waals surface area contributed by atoms with E-state index in [1.807, 2.05) is 36.1 Å². The van der Waals surface area contributed by atoms with E-state index >= 15 is 0 Å². The van der Waals surface area contributed by atoms with Gasteiger partial charge < -0.3 is 19.6 Å². The predicted octanol–water partition coefficient (Wildman–Crippen LogP) is 2.00. The van der Waals surface area contributed by atoms with Crippen LogP contribution in [0.5, 0.6) is 5.75 Å². The van der Waals surface area contributed by atoms with Gasteiger partial charge in [-0.3, -0.25) is 4.79 Å². The SMILES string of the molecule is CCOc1ccccc1C(=O)N1CCC2(CC1)CC(O)CN(C)C2. The third-order valence-corrected chi connectivity index (χ3v) is 5.33. The standard InChI is InChI=1S/C19H28N2O3/c1-3-24-17-7-5-4-6-16(17)18(23)21-10-8-19(9-11-21)12-15(22)13-20(2)14-19/h4-7,15,22H,3,8-14H2,1-2H3. The molecule has 1 amide bonds. The number of nitrogens with zero attached hydrogens (tertiary/aromatic N) is 2. The van der Waals surface area contributed by atoms with E-state index in [0.717, 1.165) is 45.4 Å². The van der Waals surface area contributed by atoms with Gasteiger partial charge in [0.1, 0.15) is 5.75 Å². The van der Waals surface area contributed by atoms with Crippen molar-refractivity contribution in [2.75, 3.05) is 39.8 Å². The molecule has 1 unspecified atom stereocenters. The van der Waals surface area contributed by atoms with E-state index in [-0.39, 0.29) is 17.4 Å². The van der Waals surface area contributed by atoms with Gasteiger partial charge in [0.15, 0.2) is 0 Å². The number of aliphatic hydroxyl groups is 1. The van der Waals surface area contributed by atoms with Gasteiger partial charge in [-0.2, -0.15) is 0 Å². The lowest BCUT2D eigenvalue weighted by molar-refractivity contribution is -0.0287. The largest absolute Gasteiger partial charge is 0.493 e. The molecule has 132 valence electrons. The minimum Gasteiger partial charge on any atom is -0.493 e. The topological polar surface area (TPSA) is 53.0 Å². The molecule has 1 N–H and O–H groups in total. The maximum atomic E-state index is 12.9. The van der Waals surface area contributed by atoms with Crippen molar-refractivity contribution in [3.8, 4) is 5.75 Å². The molecule has 24 heavy (non-hydrogen) atoms. The smallest absolute Gasteiger partial charge is 0.257 e. The third-order valence-electron chi connectivity index (χ3n) is 5.33. The first-order valence-electron chi connectivity index (χ1n) is 8.91. The van der Waals surface area contributed by atoms with E-state index in [0.29, 0.717) is 17.9 Å². The Labute approximate surface area is 144 Å². The summed E-state index contributed by atoms with van der Waals surface area (Å²) in [5, 5.41) is 10.1. The van der Waals surface area contributed by atoms with Crippen molar-refractivity contribution in [1.82, 2.24) is 9.80 Å². The summed E-state index contributed by atoms with van der Waals surface area (Å²) in [5.41, 5.74) is 0.805. The Morgan fingerprint density at radius 2 is 2.04 bits per heavy atom. The molecule has 2 saturated heterocycles. The second kappa shape index (κ2) is 7.11. The molecule has 1 aromatic rings. The van der Waals surface area contributed by atoms with Gasteiger partial charge in [-0.05, 0) is 50.8 Å². The van der Waals surface area contributed by atoms with Gasteiger partial charge in [0.25, 0.3) is 5.91 Å². The molecule has 5 heteroatoms. The number of rotatable bonds is 3. The van der Waals surface area contributed by atoms with Crippen LogP contribution in [0, 0.1) is 5.41 Å². The summed E-state index contributed by atoms with van der Waals surface area (Å²) in [6.45, 7) is 5.75. The zero-order valence-electron chi connectivity index (χ0n) is 14.7. The fourth-order valence-electron chi connectivity index (χ4n) is 4.27. The fraction of sp³-hybridized carbons (Fsp3) is 0.632. The molecule has 1 aromatic carbocycles. The van der Waals surface area contributed by atoms with Crippen molar-refractivity contribution >= 4 is 5.91 Å². The molecule has 2 fully saturated rings. The molecular weight excluding hydrogens is 304 g/mol. The maximum absolute atomic E-state index is 12.9. The number of likely N-dealkylation sites (tertiary alicyclic amines) is 2. The van der Waals surface area contributed by atoms with Crippen molar-refractivity contribution in [2.45, 2.75) is 32.3 Å². The highest BCUT2D eigenvalue weighted by atomic mass is 16.5. The second-order valence-electron chi connectivity index (χ2n) is 7.28. The van der Waals surface area contributed by atoms with Crippen molar-refractivity contribution in [3.63, 3.8) is 0 Å². The third kappa shape index (κ3) is 3.57. The number of aliphatic hydroxyl groups excluding tert-OH is 1. The van der Waals surface area contributed by atoms with E-state index in [9.17, 15) is 9.90 Å². The Kier molecular flexibility index (Phi) is 5.11. The van der Waals surface area contributed by atoms with Gasteiger partial charge in [-0.25, -0.2) is 0 Å². The average Bonchev–Trinajstić information content (AvgIpc) is 2.55. The van der Waals surface area contributed by atoms with Gasteiger partial charge >= 0.3 is 0 Å². The molecule has 2 aliphatic heterocycles. The molecule has 1 atom stereocenters. The zero-order valence-corrected chi connectivity index (χ0v) is 14.7. The summed E-state index contributed by atoms with van der Waals surface area (Å²) in [4.78, 5) is 17.0. The number of amides is 1. The number of carbonyl (C=O) groups is 1. The number of piperidine rings is 2. The highest BCUT2D eigenvalue weighted by Gasteiger charge is 2.41. The number of hydrogen-bond acceptors (Lipinski definition) is 4. The molecule has 2 aliphatic rings. The summed E-state index contributed by atoms with van der Waals surface area (Å²) in [6, 6.07) is 7.48. The normalized spacial score (nSPS) is 24.1. The number of para-hydroxylation sites is 1. The lowest BCUT2D eigenvalue weighted by Gasteiger charge is -2.48. The fourth-order valence-corrected chi connectivity index (χ4v) is 4.27. The lowest BCUT2D eigenvalue weighted by Crippen LogP contribution is -2.53. The van der Waals surface area contributed by atoms with Crippen LogP contribution in [-0.2, 0) is 0 Å². The minimum atomic E-state index is -0.246. The van der Waals surface area contributed by atoms with Crippen molar-refractivity contribution in [3.05, 3.63) is 29.8 Å². The first kappa shape index (κ1) is 17.2. The van der Waals surface area contributed by atoms with Crippen LogP contribution in [0.3, 0.4) is 0 Å². The molecule has 0 bridgehead atoms. The summed E-state index contributed by atoms with van der Waals surface area (Å²) < 4.78 is 5.60. The van der Waals surface area contributed by atoms with Crippen LogP contribution in [0.2, 0.25) is 0 Å². The van der Waals surface area contributed by atoms with Crippen molar-refractivity contribution < 1.29 is 14.6 Å². The summed E-state index contributed by atoms with van der Waals surface area (Å²) >= 11 is 0. The summed E-state index contributed by atoms with van der Waals surface area (Å²) in [6.07, 6.45) is 2.52. The van der Waals surface area contributed by atoms with Crippen LogP contribution in [0.25, 0.3) is 0 Å². The maximum Gasteiger partial charge on any atom is 0.257 e. The molecule has 2 heterocycles. The Balaban J connectivity index is 1.67. The van der Waals surface area contributed by atoms with Crippen LogP contribution in [0.1, 0.15) is 36.5 Å². The molecular formula is C19H28N2O3. The van der Waals surface area contributed by atoms with Crippen LogP contribution in [-0.4, -0.2) is 66.8 Å². The van der Waals surface area contributed by atoms with Crippen LogP contribution >= 0.6 is 0 Å². The zero-order chi connectivity index (χ0) is 17.2. The van der Waals surface area contributed by atoms with E-state index in [2.05, 4.69) is 11.9 Å². The number of carbonyl (C=O) groups excluding carboxylic acids is 1. The number of benzene rings is 1. The minimum absolute atomic E-state index is 0.0543. The van der Waals surface area contributed by atoms with Gasteiger partial charge in [-0.15, -0.1) is 0 Å². The first-order valence-corrected chi connectivity index (χ1v) is 8.91. The Morgan fingerprint density at radius 3 is 2.71 bits per heavy atom. The molecule has 3 rings (SSSR count). The van der Waals surface area contributed by atoms with Crippen LogP contribution < -0.4 is 4.74 Å². The van der Waals surface area contributed by atoms with Crippen LogP contribution in [0.15, 0.2) is 24.3 Å². The Hall–Kier alpha value is -1.59. The van der Waals surface area contributed by atoms with Gasteiger partial charge in [0, 0.05) is 26.2 Å². The Morgan fingerprint density at radius 1 is 1.33 bits per heavy atom. The van der Waals surface area contributed by atoms with E-state index in [1.165, 1.54) is 0 Å². The molecule has 1 spiro atoms. The first-order chi connectivity index (χ1) is 11.5. The second-order valence-corrected chi connectivity index (χ2v) is 7.28. The van der Waals surface area contributed by atoms with Gasteiger partial charge in [-0.1, -0.05) is 12.1 Å². The highest BCUT2D eigenvalue weighted by Crippen LogP contribution is 2.40. The molecule has 0 aromatic heterocycles. The van der Waals surface area contributed by atoms with Gasteiger partial charge in [0.2, 0.25) is 0 Å². The van der Waals surface area contributed by atoms with Gasteiger partial charge in [0.05, 0.1) is 18.3 Å². The van der Waals surface area contributed by atoms with E-state index in [1.54, 1.807) is 0 Å². The molecule has 0 aliphatic carbocycles. The van der Waals surface area contributed by atoms with Crippen molar-refractivity contribution in [2.24, 2.45) is 5.41 Å². The number of β-amino-alcohol motifs (C(OH)–C–C–N with tert-alkyl or cyclic N) is 1. The molecule has 0 radical (unpaired) electrons.